The molecule has 0 atom stereocenters. The van der Waals surface area contributed by atoms with Crippen LogP contribution in [0.5, 0.6) is 5.75 Å². The molecule has 0 saturated carbocycles. The lowest BCUT2D eigenvalue weighted by Crippen LogP contribution is -2.12. The molecule has 1 amide bonds. The van der Waals surface area contributed by atoms with Crippen LogP contribution in [0.2, 0.25) is 25.1 Å². The topological polar surface area (TPSA) is 118 Å². The lowest BCUT2D eigenvalue weighted by molar-refractivity contribution is -0.384. The van der Waals surface area contributed by atoms with Gasteiger partial charge in [0.1, 0.15) is 28.5 Å². The van der Waals surface area contributed by atoms with Crippen molar-refractivity contribution in [3.05, 3.63) is 82.6 Å². The minimum atomic E-state index is -0.685. The van der Waals surface area contributed by atoms with Gasteiger partial charge in [-0.05, 0) is 18.2 Å². The van der Waals surface area contributed by atoms with Gasteiger partial charge in [-0.25, -0.2) is 0 Å². The number of amides is 1. The monoisotopic (exact) mass is 533 g/mol. The highest BCUT2D eigenvalue weighted by Gasteiger charge is 2.21. The van der Waals surface area contributed by atoms with Crippen molar-refractivity contribution in [1.82, 2.24) is 0 Å². The van der Waals surface area contributed by atoms with Crippen LogP contribution in [0.15, 0.2) is 34.7 Å². The molecule has 1 N–H and O–H groups in total. The van der Waals surface area contributed by atoms with Crippen molar-refractivity contribution in [3.63, 3.8) is 0 Å². The predicted molar refractivity (Wildman–Crippen MR) is 120 cm³/mol. The number of non-ortho nitro benzene ring substituents is 1. The highest BCUT2D eigenvalue weighted by atomic mass is 35.5. The van der Waals surface area contributed by atoms with Gasteiger partial charge in [0.15, 0.2) is 11.5 Å². The lowest BCUT2D eigenvalue weighted by Gasteiger charge is -2.12. The Kier molecular flexibility index (Phi) is 7.39. The molecule has 1 aromatic heterocycles. The summed E-state index contributed by atoms with van der Waals surface area (Å²) in [7, 11) is 0. The summed E-state index contributed by atoms with van der Waals surface area (Å²) in [6, 6.07) is 8.09. The van der Waals surface area contributed by atoms with Gasteiger partial charge in [0.05, 0.1) is 31.2 Å². The molecule has 0 aliphatic carbocycles. The summed E-state index contributed by atoms with van der Waals surface area (Å²) in [6.07, 6.45) is 0. The van der Waals surface area contributed by atoms with Crippen molar-refractivity contribution in [2.24, 2.45) is 0 Å². The zero-order valence-corrected chi connectivity index (χ0v) is 19.2. The number of carbonyl (C=O) groups is 1. The van der Waals surface area contributed by atoms with E-state index in [1.165, 1.54) is 18.2 Å². The molecule has 13 heteroatoms. The Balaban J connectivity index is 1.74. The SMILES string of the molecule is N#Cc1cc([N+](=O)[O-])ccc1NC(=O)c1ccc(COc2c(Cl)c(Cl)c(Cl)c(Cl)c2Cl)o1. The van der Waals surface area contributed by atoms with E-state index < -0.39 is 10.8 Å². The number of hydrogen-bond acceptors (Lipinski definition) is 6. The Hall–Kier alpha value is -2.67. The van der Waals surface area contributed by atoms with Crippen molar-refractivity contribution in [2.75, 3.05) is 5.32 Å². The number of halogens is 5. The molecule has 3 aromatic rings. The molecule has 1 heterocycles. The van der Waals surface area contributed by atoms with Gasteiger partial charge in [0, 0.05) is 12.1 Å². The number of furan rings is 1. The van der Waals surface area contributed by atoms with Crippen LogP contribution in [-0.4, -0.2) is 10.8 Å². The number of benzene rings is 2. The summed E-state index contributed by atoms with van der Waals surface area (Å²) in [4.78, 5) is 22.6. The number of hydrogen-bond donors (Lipinski definition) is 1. The van der Waals surface area contributed by atoms with Crippen LogP contribution in [0.1, 0.15) is 21.9 Å². The van der Waals surface area contributed by atoms with Gasteiger partial charge in [0.25, 0.3) is 11.6 Å². The van der Waals surface area contributed by atoms with E-state index in [0.717, 1.165) is 12.1 Å². The Morgan fingerprint density at radius 1 is 1.06 bits per heavy atom. The minimum Gasteiger partial charge on any atom is -0.482 e. The molecule has 32 heavy (non-hydrogen) atoms. The number of nitro benzene ring substituents is 1. The average Bonchev–Trinajstić information content (AvgIpc) is 3.25. The second-order valence-electron chi connectivity index (χ2n) is 6.01. The van der Waals surface area contributed by atoms with Crippen molar-refractivity contribution in [1.29, 1.82) is 5.26 Å². The van der Waals surface area contributed by atoms with Crippen LogP contribution in [0.4, 0.5) is 11.4 Å². The molecule has 0 radical (unpaired) electrons. The number of rotatable bonds is 6. The summed E-state index contributed by atoms with van der Waals surface area (Å²) in [6.45, 7) is -0.179. The molecular weight excluding hydrogens is 527 g/mol. The summed E-state index contributed by atoms with van der Waals surface area (Å²) in [5, 5.41) is 22.3. The van der Waals surface area contributed by atoms with Gasteiger partial charge in [-0.15, -0.1) is 0 Å². The third-order valence-corrected chi connectivity index (χ3v) is 6.24. The third kappa shape index (κ3) is 4.88. The largest absolute Gasteiger partial charge is 0.482 e. The predicted octanol–water partition coefficient (Wildman–Crippen LogP) is 7.16. The standard InChI is InChI=1S/C19H8Cl5N3O5/c20-13-14(21)16(23)18(17(24)15(13)22)31-7-10-2-4-12(32-10)19(28)26-11-3-1-9(27(29)30)5-8(11)6-25/h1-5H,7H2,(H,26,28). The molecule has 0 saturated heterocycles. The molecule has 0 unspecified atom stereocenters. The number of nitriles is 1. The highest BCUT2D eigenvalue weighted by molar-refractivity contribution is 6.55. The maximum Gasteiger partial charge on any atom is 0.291 e. The maximum atomic E-state index is 12.4. The molecular formula is C19H8Cl5N3O5. The van der Waals surface area contributed by atoms with E-state index in [1.54, 1.807) is 6.07 Å². The molecule has 0 fully saturated rings. The molecule has 0 bridgehead atoms. The molecule has 3 rings (SSSR count). The van der Waals surface area contributed by atoms with Gasteiger partial charge in [-0.1, -0.05) is 58.0 Å². The zero-order valence-electron chi connectivity index (χ0n) is 15.4. The van der Waals surface area contributed by atoms with Crippen molar-refractivity contribution < 1.29 is 18.9 Å². The molecule has 0 aliphatic heterocycles. The van der Waals surface area contributed by atoms with Gasteiger partial charge in [0.2, 0.25) is 0 Å². The summed E-state index contributed by atoms with van der Waals surface area (Å²) >= 11 is 30.1. The second kappa shape index (κ2) is 9.86. The first-order valence-electron chi connectivity index (χ1n) is 8.36. The fourth-order valence-electron chi connectivity index (χ4n) is 2.46. The van der Waals surface area contributed by atoms with Crippen LogP contribution in [0, 0.1) is 21.4 Å². The van der Waals surface area contributed by atoms with Gasteiger partial charge in [-0.3, -0.25) is 14.9 Å². The molecule has 0 spiro atoms. The van der Waals surface area contributed by atoms with Crippen LogP contribution < -0.4 is 10.1 Å². The third-order valence-electron chi connectivity index (χ3n) is 4.00. The highest BCUT2D eigenvalue weighted by Crippen LogP contribution is 2.48. The van der Waals surface area contributed by atoms with E-state index in [0.29, 0.717) is 0 Å². The minimum absolute atomic E-state index is 0.0142. The van der Waals surface area contributed by atoms with Gasteiger partial charge in [-0.2, -0.15) is 5.26 Å². The lowest BCUT2D eigenvalue weighted by atomic mass is 10.1. The normalized spacial score (nSPS) is 10.5. The van der Waals surface area contributed by atoms with E-state index in [1.807, 2.05) is 0 Å². The number of anilines is 1. The van der Waals surface area contributed by atoms with Crippen LogP contribution in [0.25, 0.3) is 0 Å². The first-order chi connectivity index (χ1) is 15.1. The van der Waals surface area contributed by atoms with E-state index in [4.69, 9.17) is 67.2 Å². The fraction of sp³-hybridized carbons (Fsp3) is 0.0526. The first-order valence-corrected chi connectivity index (χ1v) is 10.3. The summed E-state index contributed by atoms with van der Waals surface area (Å²) in [5.74, 6) is -0.571. The molecule has 164 valence electrons. The molecule has 2 aromatic carbocycles. The number of nitro groups is 1. The smallest absolute Gasteiger partial charge is 0.291 e. The van der Waals surface area contributed by atoms with Crippen LogP contribution in [0.3, 0.4) is 0 Å². The van der Waals surface area contributed by atoms with E-state index in [-0.39, 0.29) is 65.9 Å². The molecule has 8 nitrogen and oxygen atoms in total. The summed E-state index contributed by atoms with van der Waals surface area (Å²) < 4.78 is 11.0. The van der Waals surface area contributed by atoms with E-state index in [2.05, 4.69) is 5.32 Å². The Labute approximate surface area is 205 Å². The number of ether oxygens (including phenoxy) is 1. The Morgan fingerprint density at radius 3 is 2.28 bits per heavy atom. The number of carbonyl (C=O) groups excluding carboxylic acids is 1. The number of nitrogens with zero attached hydrogens (tertiary/aromatic N) is 2. The van der Waals surface area contributed by atoms with Crippen molar-refractivity contribution in [3.8, 4) is 11.8 Å². The van der Waals surface area contributed by atoms with Crippen molar-refractivity contribution in [2.45, 2.75) is 6.61 Å². The van der Waals surface area contributed by atoms with Gasteiger partial charge >= 0.3 is 0 Å². The first kappa shape index (κ1) is 24.0. The quantitative estimate of drug-likeness (QED) is 0.155. The Morgan fingerprint density at radius 2 is 1.69 bits per heavy atom. The van der Waals surface area contributed by atoms with E-state index in [9.17, 15) is 20.2 Å². The zero-order chi connectivity index (χ0) is 23.6. The van der Waals surface area contributed by atoms with Gasteiger partial charge < -0.3 is 14.5 Å². The van der Waals surface area contributed by atoms with Crippen LogP contribution >= 0.6 is 58.0 Å². The molecule has 0 aliphatic rings. The van der Waals surface area contributed by atoms with E-state index >= 15 is 0 Å². The Bertz CT molecular complexity index is 1260. The number of nitrogens with one attached hydrogen (secondary N) is 1. The van der Waals surface area contributed by atoms with Crippen LogP contribution in [-0.2, 0) is 6.61 Å². The maximum absolute atomic E-state index is 12.4. The second-order valence-corrected chi connectivity index (χ2v) is 7.90. The summed E-state index contributed by atoms with van der Waals surface area (Å²) in [5.41, 5.74) is -0.276. The van der Waals surface area contributed by atoms with Crippen molar-refractivity contribution >= 4 is 75.3 Å². The fourth-order valence-corrected chi connectivity index (χ4v) is 3.69. The average molecular weight is 536 g/mol.